The summed E-state index contributed by atoms with van der Waals surface area (Å²) in [5.74, 6) is 0. The topological polar surface area (TPSA) is 21.3 Å². The van der Waals surface area contributed by atoms with Crippen LogP contribution in [0.4, 0.5) is 0 Å². The summed E-state index contributed by atoms with van der Waals surface area (Å²) in [4.78, 5) is 1.48. The highest BCUT2D eigenvalue weighted by molar-refractivity contribution is 8.00. The minimum atomic E-state index is 0.341. The molecule has 0 radical (unpaired) electrons. The van der Waals surface area contributed by atoms with E-state index in [0.29, 0.717) is 5.41 Å². The molecule has 0 spiro atoms. The van der Waals surface area contributed by atoms with Crippen molar-refractivity contribution in [3.05, 3.63) is 29.8 Å². The average Bonchev–Trinajstić information content (AvgIpc) is 2.75. The van der Waals surface area contributed by atoms with E-state index < -0.39 is 0 Å². The molecular formula is C16H25NOS. The lowest BCUT2D eigenvalue weighted by Gasteiger charge is -2.28. The van der Waals surface area contributed by atoms with E-state index in [1.165, 1.54) is 23.3 Å². The number of ether oxygens (including phenoxy) is 1. The van der Waals surface area contributed by atoms with Crippen LogP contribution in [0.1, 0.15) is 25.8 Å². The van der Waals surface area contributed by atoms with Crippen LogP contribution in [-0.4, -0.2) is 32.1 Å². The van der Waals surface area contributed by atoms with Crippen molar-refractivity contribution in [2.24, 2.45) is 5.41 Å². The Bertz CT molecular complexity index is 380. The fourth-order valence-corrected chi connectivity index (χ4v) is 4.27. The highest BCUT2D eigenvalue weighted by atomic mass is 32.2. The van der Waals surface area contributed by atoms with Gasteiger partial charge in [-0.1, -0.05) is 32.0 Å². The van der Waals surface area contributed by atoms with Crippen LogP contribution < -0.4 is 5.32 Å². The standard InChI is InChI=1S/C16H25NOS/c1-16(2,12-17-8-9-18-3)11-14-10-13-6-4-5-7-15(13)19-14/h4-7,14,17H,8-12H2,1-3H3. The van der Waals surface area contributed by atoms with E-state index in [9.17, 15) is 0 Å². The lowest BCUT2D eigenvalue weighted by molar-refractivity contribution is 0.193. The summed E-state index contributed by atoms with van der Waals surface area (Å²) < 4.78 is 5.07. The quantitative estimate of drug-likeness (QED) is 0.773. The molecule has 1 atom stereocenters. The predicted molar refractivity (Wildman–Crippen MR) is 82.9 cm³/mol. The number of benzene rings is 1. The molecule has 1 aromatic carbocycles. The van der Waals surface area contributed by atoms with Gasteiger partial charge in [0.25, 0.3) is 0 Å². The number of hydrogen-bond acceptors (Lipinski definition) is 3. The number of nitrogens with one attached hydrogen (secondary N) is 1. The van der Waals surface area contributed by atoms with Gasteiger partial charge in [0.05, 0.1) is 6.61 Å². The first-order valence-electron chi connectivity index (χ1n) is 7.05. The number of fused-ring (bicyclic) bond motifs is 1. The second-order valence-corrected chi connectivity index (χ2v) is 7.43. The lowest BCUT2D eigenvalue weighted by Crippen LogP contribution is -2.33. The third-order valence-electron chi connectivity index (χ3n) is 3.58. The summed E-state index contributed by atoms with van der Waals surface area (Å²) in [7, 11) is 1.75. The van der Waals surface area contributed by atoms with Gasteiger partial charge in [-0.15, -0.1) is 11.8 Å². The molecule has 1 unspecified atom stereocenters. The average molecular weight is 279 g/mol. The van der Waals surface area contributed by atoms with Gasteiger partial charge >= 0.3 is 0 Å². The third kappa shape index (κ3) is 4.51. The molecule has 0 bridgehead atoms. The molecule has 1 aromatic rings. The van der Waals surface area contributed by atoms with E-state index in [0.717, 1.165) is 24.9 Å². The van der Waals surface area contributed by atoms with Crippen LogP contribution in [0.5, 0.6) is 0 Å². The number of methoxy groups -OCH3 is 1. The van der Waals surface area contributed by atoms with Crippen LogP contribution in [-0.2, 0) is 11.2 Å². The van der Waals surface area contributed by atoms with Crippen LogP contribution in [0, 0.1) is 5.41 Å². The van der Waals surface area contributed by atoms with Gasteiger partial charge in [-0.25, -0.2) is 0 Å². The van der Waals surface area contributed by atoms with Crippen molar-refractivity contribution in [2.75, 3.05) is 26.8 Å². The molecule has 3 heteroatoms. The molecular weight excluding hydrogens is 254 g/mol. The summed E-state index contributed by atoms with van der Waals surface area (Å²) in [6.45, 7) is 7.51. The third-order valence-corrected chi connectivity index (χ3v) is 4.90. The van der Waals surface area contributed by atoms with Gasteiger partial charge in [0.1, 0.15) is 0 Å². The molecule has 1 aliphatic rings. The van der Waals surface area contributed by atoms with E-state index >= 15 is 0 Å². The zero-order valence-corrected chi connectivity index (χ0v) is 13.1. The normalized spacial score (nSPS) is 18.6. The maximum Gasteiger partial charge on any atom is 0.0587 e. The second-order valence-electron chi connectivity index (χ2n) is 6.09. The maximum atomic E-state index is 5.07. The molecule has 0 saturated carbocycles. The SMILES string of the molecule is COCCNCC(C)(C)CC1Cc2ccccc2S1. The molecule has 19 heavy (non-hydrogen) atoms. The Labute approximate surface area is 121 Å². The summed E-state index contributed by atoms with van der Waals surface area (Å²) in [5, 5.41) is 4.22. The van der Waals surface area contributed by atoms with Crippen molar-refractivity contribution in [3.8, 4) is 0 Å². The molecule has 1 heterocycles. The lowest BCUT2D eigenvalue weighted by atomic mass is 9.86. The van der Waals surface area contributed by atoms with Gasteiger partial charge in [0.2, 0.25) is 0 Å². The van der Waals surface area contributed by atoms with E-state index in [1.807, 2.05) is 0 Å². The zero-order valence-electron chi connectivity index (χ0n) is 12.2. The fraction of sp³-hybridized carbons (Fsp3) is 0.625. The van der Waals surface area contributed by atoms with E-state index in [2.05, 4.69) is 55.2 Å². The minimum absolute atomic E-state index is 0.341. The molecule has 0 amide bonds. The van der Waals surface area contributed by atoms with Crippen LogP contribution in [0.15, 0.2) is 29.2 Å². The molecule has 1 aliphatic heterocycles. The van der Waals surface area contributed by atoms with Crippen LogP contribution in [0.25, 0.3) is 0 Å². The fourth-order valence-electron chi connectivity index (χ4n) is 2.66. The molecule has 0 aromatic heterocycles. The molecule has 0 aliphatic carbocycles. The zero-order chi connectivity index (χ0) is 13.7. The van der Waals surface area contributed by atoms with Crippen LogP contribution in [0.2, 0.25) is 0 Å². The number of hydrogen-bond donors (Lipinski definition) is 1. The van der Waals surface area contributed by atoms with Crippen molar-refractivity contribution in [1.82, 2.24) is 5.32 Å². The Morgan fingerprint density at radius 1 is 1.37 bits per heavy atom. The highest BCUT2D eigenvalue weighted by Crippen LogP contribution is 2.41. The van der Waals surface area contributed by atoms with Crippen molar-refractivity contribution < 1.29 is 4.74 Å². The largest absolute Gasteiger partial charge is 0.383 e. The first-order chi connectivity index (χ1) is 9.11. The summed E-state index contributed by atoms with van der Waals surface area (Å²) >= 11 is 2.05. The van der Waals surface area contributed by atoms with Crippen molar-refractivity contribution in [3.63, 3.8) is 0 Å². The summed E-state index contributed by atoms with van der Waals surface area (Å²) in [5.41, 5.74) is 1.87. The number of rotatable bonds is 7. The summed E-state index contributed by atoms with van der Waals surface area (Å²) in [6, 6.07) is 8.82. The van der Waals surface area contributed by atoms with E-state index in [1.54, 1.807) is 7.11 Å². The van der Waals surface area contributed by atoms with Crippen LogP contribution >= 0.6 is 11.8 Å². The Morgan fingerprint density at radius 3 is 2.89 bits per heavy atom. The van der Waals surface area contributed by atoms with Gasteiger partial charge in [0.15, 0.2) is 0 Å². The Kier molecular flexibility index (Phi) is 5.31. The minimum Gasteiger partial charge on any atom is -0.383 e. The Morgan fingerprint density at radius 2 is 2.16 bits per heavy atom. The molecule has 2 nitrogen and oxygen atoms in total. The molecule has 1 N–H and O–H groups in total. The highest BCUT2D eigenvalue weighted by Gasteiger charge is 2.28. The maximum absolute atomic E-state index is 5.07. The monoisotopic (exact) mass is 279 g/mol. The Hall–Kier alpha value is -0.510. The van der Waals surface area contributed by atoms with Crippen LogP contribution in [0.3, 0.4) is 0 Å². The van der Waals surface area contributed by atoms with E-state index in [4.69, 9.17) is 4.74 Å². The van der Waals surface area contributed by atoms with E-state index in [-0.39, 0.29) is 0 Å². The predicted octanol–water partition coefficient (Wildman–Crippen LogP) is 3.36. The molecule has 2 rings (SSSR count). The molecule has 0 fully saturated rings. The molecule has 0 saturated heterocycles. The van der Waals surface area contributed by atoms with Gasteiger partial charge in [-0.2, -0.15) is 0 Å². The second kappa shape index (κ2) is 6.78. The summed E-state index contributed by atoms with van der Waals surface area (Å²) in [6.07, 6.45) is 2.48. The first kappa shape index (κ1) is 14.9. The van der Waals surface area contributed by atoms with Gasteiger partial charge in [-0.3, -0.25) is 0 Å². The van der Waals surface area contributed by atoms with Gasteiger partial charge in [0, 0.05) is 30.3 Å². The van der Waals surface area contributed by atoms with Crippen molar-refractivity contribution in [1.29, 1.82) is 0 Å². The van der Waals surface area contributed by atoms with Gasteiger partial charge < -0.3 is 10.1 Å². The van der Waals surface area contributed by atoms with Crippen molar-refractivity contribution in [2.45, 2.75) is 36.8 Å². The first-order valence-corrected chi connectivity index (χ1v) is 7.93. The Balaban J connectivity index is 1.79. The molecule has 106 valence electrons. The van der Waals surface area contributed by atoms with Gasteiger partial charge in [-0.05, 0) is 29.9 Å². The number of thioether (sulfide) groups is 1. The smallest absolute Gasteiger partial charge is 0.0587 e. The van der Waals surface area contributed by atoms with Crippen molar-refractivity contribution >= 4 is 11.8 Å².